The molecule has 0 saturated heterocycles. The quantitative estimate of drug-likeness (QED) is 0.821. The number of carbonyl (C=O) groups is 1. The molecule has 2 aromatic carbocycles. The summed E-state index contributed by atoms with van der Waals surface area (Å²) in [5, 5.41) is 6.47. The Morgan fingerprint density at radius 2 is 1.79 bits per heavy atom. The second kappa shape index (κ2) is 7.51. The summed E-state index contributed by atoms with van der Waals surface area (Å²) in [7, 11) is 0. The van der Waals surface area contributed by atoms with Gasteiger partial charge in [-0.1, -0.05) is 23.7 Å². The molecule has 124 valence electrons. The Morgan fingerprint density at radius 1 is 1.08 bits per heavy atom. The number of hydrogen-bond donors (Lipinski definition) is 2. The van der Waals surface area contributed by atoms with E-state index in [0.717, 1.165) is 11.3 Å². The van der Waals surface area contributed by atoms with Crippen molar-refractivity contribution < 1.29 is 14.3 Å². The van der Waals surface area contributed by atoms with Crippen LogP contribution >= 0.6 is 23.8 Å². The normalized spacial score (nSPS) is 12.4. The predicted molar refractivity (Wildman–Crippen MR) is 97.0 cm³/mol. The number of halogens is 1. The number of nitrogens with one attached hydrogen (secondary N) is 2. The van der Waals surface area contributed by atoms with Gasteiger partial charge in [0.15, 0.2) is 16.6 Å². The fourth-order valence-electron chi connectivity index (χ4n) is 2.24. The van der Waals surface area contributed by atoms with Crippen molar-refractivity contribution in [2.75, 3.05) is 18.5 Å². The van der Waals surface area contributed by atoms with Crippen molar-refractivity contribution in [3.05, 3.63) is 53.1 Å². The smallest absolute Gasteiger partial charge is 0.230 e. The zero-order valence-electron chi connectivity index (χ0n) is 12.7. The molecular weight excluding hydrogens is 348 g/mol. The zero-order valence-corrected chi connectivity index (χ0v) is 14.2. The van der Waals surface area contributed by atoms with Gasteiger partial charge in [-0.2, -0.15) is 0 Å². The van der Waals surface area contributed by atoms with Crippen LogP contribution in [0, 0.1) is 0 Å². The minimum Gasteiger partial charge on any atom is -0.486 e. The van der Waals surface area contributed by atoms with Crippen molar-refractivity contribution in [2.24, 2.45) is 0 Å². The molecule has 0 spiro atoms. The van der Waals surface area contributed by atoms with Crippen LogP contribution in [0.1, 0.15) is 5.56 Å². The first kappa shape index (κ1) is 16.5. The second-order valence-electron chi connectivity index (χ2n) is 5.16. The molecule has 7 heteroatoms. The zero-order chi connectivity index (χ0) is 16.9. The molecule has 0 atom stereocenters. The number of rotatable bonds is 3. The van der Waals surface area contributed by atoms with Crippen molar-refractivity contribution in [3.8, 4) is 11.5 Å². The Labute approximate surface area is 149 Å². The molecule has 1 aliphatic heterocycles. The van der Waals surface area contributed by atoms with E-state index in [1.807, 2.05) is 6.07 Å². The fourth-order valence-corrected chi connectivity index (χ4v) is 2.60. The molecule has 0 unspecified atom stereocenters. The molecule has 2 aromatic rings. The molecule has 0 radical (unpaired) electrons. The lowest BCUT2D eigenvalue weighted by Gasteiger charge is -2.19. The Balaban J connectivity index is 1.55. The third kappa shape index (κ3) is 4.37. The molecule has 1 heterocycles. The standard InChI is InChI=1S/C17H15ClN2O3S/c18-12-3-1-11(2-4-12)9-16(21)20-17(24)19-13-5-6-14-15(10-13)23-8-7-22-14/h1-6,10H,7-9H2,(H2,19,20,21,24). The number of anilines is 1. The average Bonchev–Trinajstić information content (AvgIpc) is 2.56. The summed E-state index contributed by atoms with van der Waals surface area (Å²) in [6, 6.07) is 12.5. The second-order valence-corrected chi connectivity index (χ2v) is 6.01. The van der Waals surface area contributed by atoms with Crippen LogP contribution in [0.25, 0.3) is 0 Å². The van der Waals surface area contributed by atoms with E-state index in [-0.39, 0.29) is 17.4 Å². The van der Waals surface area contributed by atoms with Crippen LogP contribution in [0.2, 0.25) is 5.02 Å². The molecule has 2 N–H and O–H groups in total. The fraction of sp³-hybridized carbons (Fsp3) is 0.176. The van der Waals surface area contributed by atoms with Crippen molar-refractivity contribution in [1.82, 2.24) is 5.32 Å². The van der Waals surface area contributed by atoms with Crippen LogP contribution in [0.4, 0.5) is 5.69 Å². The van der Waals surface area contributed by atoms with Gasteiger partial charge in [-0.05, 0) is 42.0 Å². The van der Waals surface area contributed by atoms with E-state index in [2.05, 4.69) is 10.6 Å². The van der Waals surface area contributed by atoms with Gasteiger partial charge in [0.1, 0.15) is 13.2 Å². The molecule has 0 fully saturated rings. The molecule has 3 rings (SSSR count). The van der Waals surface area contributed by atoms with Gasteiger partial charge in [0.25, 0.3) is 0 Å². The number of benzene rings is 2. The van der Waals surface area contributed by atoms with Crippen LogP contribution in [0.5, 0.6) is 11.5 Å². The van der Waals surface area contributed by atoms with Crippen LogP contribution in [-0.2, 0) is 11.2 Å². The summed E-state index contributed by atoms with van der Waals surface area (Å²) in [6.07, 6.45) is 0.222. The van der Waals surface area contributed by atoms with Crippen molar-refractivity contribution in [1.29, 1.82) is 0 Å². The van der Waals surface area contributed by atoms with Gasteiger partial charge in [0, 0.05) is 16.8 Å². The molecule has 24 heavy (non-hydrogen) atoms. The largest absolute Gasteiger partial charge is 0.486 e. The molecule has 5 nitrogen and oxygen atoms in total. The van der Waals surface area contributed by atoms with Crippen LogP contribution in [-0.4, -0.2) is 24.2 Å². The summed E-state index contributed by atoms with van der Waals surface area (Å²) in [5.74, 6) is 1.15. The molecule has 0 aromatic heterocycles. The lowest BCUT2D eigenvalue weighted by Crippen LogP contribution is -2.35. The first-order chi connectivity index (χ1) is 11.6. The van der Waals surface area contributed by atoms with Crippen LogP contribution in [0.3, 0.4) is 0 Å². The maximum absolute atomic E-state index is 12.0. The highest BCUT2D eigenvalue weighted by Crippen LogP contribution is 2.32. The summed E-state index contributed by atoms with van der Waals surface area (Å²) in [4.78, 5) is 12.0. The third-order valence-corrected chi connectivity index (χ3v) is 3.79. The van der Waals surface area contributed by atoms with Gasteiger partial charge < -0.3 is 20.1 Å². The van der Waals surface area contributed by atoms with E-state index in [0.29, 0.717) is 29.7 Å². The van der Waals surface area contributed by atoms with Crippen LogP contribution < -0.4 is 20.1 Å². The maximum Gasteiger partial charge on any atom is 0.230 e. The van der Waals surface area contributed by atoms with Crippen LogP contribution in [0.15, 0.2) is 42.5 Å². The molecule has 0 aliphatic carbocycles. The minimum atomic E-state index is -0.202. The Kier molecular flexibility index (Phi) is 5.17. The monoisotopic (exact) mass is 362 g/mol. The molecule has 1 aliphatic rings. The number of fused-ring (bicyclic) bond motifs is 1. The van der Waals surface area contributed by atoms with E-state index < -0.39 is 0 Å². The number of hydrogen-bond acceptors (Lipinski definition) is 4. The highest BCUT2D eigenvalue weighted by atomic mass is 35.5. The van der Waals surface area contributed by atoms with Gasteiger partial charge in [0.2, 0.25) is 5.91 Å². The minimum absolute atomic E-state index is 0.202. The van der Waals surface area contributed by atoms with E-state index in [4.69, 9.17) is 33.3 Å². The molecule has 1 amide bonds. The molecule has 0 saturated carbocycles. The number of carbonyl (C=O) groups excluding carboxylic acids is 1. The van der Waals surface area contributed by atoms with E-state index in [1.54, 1.807) is 36.4 Å². The first-order valence-electron chi connectivity index (χ1n) is 7.35. The molecular formula is C17H15ClN2O3S. The van der Waals surface area contributed by atoms with Gasteiger partial charge in [-0.15, -0.1) is 0 Å². The Bertz CT molecular complexity index is 765. The number of thiocarbonyl (C=S) groups is 1. The average molecular weight is 363 g/mol. The maximum atomic E-state index is 12.0. The highest BCUT2D eigenvalue weighted by molar-refractivity contribution is 7.80. The lowest BCUT2D eigenvalue weighted by atomic mass is 10.1. The summed E-state index contributed by atoms with van der Waals surface area (Å²) in [5.41, 5.74) is 1.58. The van der Waals surface area contributed by atoms with Crippen molar-refractivity contribution in [3.63, 3.8) is 0 Å². The number of amides is 1. The topological polar surface area (TPSA) is 59.6 Å². The van der Waals surface area contributed by atoms with Gasteiger partial charge >= 0.3 is 0 Å². The SMILES string of the molecule is O=C(Cc1ccc(Cl)cc1)NC(=S)Nc1ccc2c(c1)OCCO2. The summed E-state index contributed by atoms with van der Waals surface area (Å²) in [6.45, 7) is 1.05. The van der Waals surface area contributed by atoms with Crippen molar-refractivity contribution >= 4 is 40.5 Å². The van der Waals surface area contributed by atoms with E-state index >= 15 is 0 Å². The number of ether oxygens (including phenoxy) is 2. The predicted octanol–water partition coefficient (Wildman–Crippen LogP) is 3.17. The first-order valence-corrected chi connectivity index (χ1v) is 8.14. The van der Waals surface area contributed by atoms with Gasteiger partial charge in [0.05, 0.1) is 6.42 Å². The van der Waals surface area contributed by atoms with Crippen molar-refractivity contribution in [2.45, 2.75) is 6.42 Å². The van der Waals surface area contributed by atoms with Gasteiger partial charge in [-0.25, -0.2) is 0 Å². The van der Waals surface area contributed by atoms with Gasteiger partial charge in [-0.3, -0.25) is 4.79 Å². The summed E-state index contributed by atoms with van der Waals surface area (Å²) >= 11 is 11.0. The highest BCUT2D eigenvalue weighted by Gasteiger charge is 2.12. The summed E-state index contributed by atoms with van der Waals surface area (Å²) < 4.78 is 11.0. The third-order valence-electron chi connectivity index (χ3n) is 3.33. The van der Waals surface area contributed by atoms with E-state index in [9.17, 15) is 4.79 Å². The van der Waals surface area contributed by atoms with E-state index in [1.165, 1.54) is 0 Å². The Morgan fingerprint density at radius 3 is 2.54 bits per heavy atom. The molecule has 0 bridgehead atoms. The lowest BCUT2D eigenvalue weighted by molar-refractivity contribution is -0.119. The Hall–Kier alpha value is -2.31.